The number of anilines is 1. The van der Waals surface area contributed by atoms with E-state index in [2.05, 4.69) is 22.1 Å². The van der Waals surface area contributed by atoms with Gasteiger partial charge < -0.3 is 10.7 Å². The molecule has 1 aromatic heterocycles. The van der Waals surface area contributed by atoms with Crippen LogP contribution in [0.15, 0.2) is 12.1 Å². The SMILES string of the molecule is CCC#Cc1ccc(NC2CCCCC2)c(C=N)n1. The molecule has 0 radical (unpaired) electrons. The molecule has 2 N–H and O–H groups in total. The van der Waals surface area contributed by atoms with Crippen LogP contribution in [0.5, 0.6) is 0 Å². The van der Waals surface area contributed by atoms with Crippen LogP contribution in [0.25, 0.3) is 0 Å². The smallest absolute Gasteiger partial charge is 0.114 e. The maximum atomic E-state index is 7.50. The molecule has 1 fully saturated rings. The number of rotatable bonds is 3. The highest BCUT2D eigenvalue weighted by molar-refractivity contribution is 5.83. The van der Waals surface area contributed by atoms with Gasteiger partial charge in [-0.3, -0.25) is 0 Å². The molecule has 0 spiro atoms. The van der Waals surface area contributed by atoms with E-state index in [0.717, 1.165) is 17.8 Å². The van der Waals surface area contributed by atoms with Crippen LogP contribution in [-0.4, -0.2) is 17.2 Å². The summed E-state index contributed by atoms with van der Waals surface area (Å²) in [5.74, 6) is 6.02. The normalized spacial score (nSPS) is 15.4. The van der Waals surface area contributed by atoms with Crippen molar-refractivity contribution in [2.24, 2.45) is 0 Å². The van der Waals surface area contributed by atoms with Crippen LogP contribution in [0, 0.1) is 17.3 Å². The first-order valence-corrected chi connectivity index (χ1v) is 7.10. The van der Waals surface area contributed by atoms with Crippen LogP contribution < -0.4 is 5.32 Å². The molecule has 3 heteroatoms. The summed E-state index contributed by atoms with van der Waals surface area (Å²) in [6.45, 7) is 2.02. The quantitative estimate of drug-likeness (QED) is 0.640. The van der Waals surface area contributed by atoms with E-state index < -0.39 is 0 Å². The van der Waals surface area contributed by atoms with Gasteiger partial charge in [0.25, 0.3) is 0 Å². The zero-order valence-corrected chi connectivity index (χ0v) is 11.5. The molecule has 1 aliphatic carbocycles. The zero-order chi connectivity index (χ0) is 13.5. The second-order valence-electron chi connectivity index (χ2n) is 4.91. The number of nitrogens with one attached hydrogen (secondary N) is 2. The van der Waals surface area contributed by atoms with E-state index >= 15 is 0 Å². The van der Waals surface area contributed by atoms with Crippen molar-refractivity contribution in [3.8, 4) is 11.8 Å². The highest BCUT2D eigenvalue weighted by Crippen LogP contribution is 2.22. The van der Waals surface area contributed by atoms with E-state index in [-0.39, 0.29) is 0 Å². The summed E-state index contributed by atoms with van der Waals surface area (Å²) in [7, 11) is 0. The Bertz CT molecular complexity index is 490. The molecule has 0 saturated heterocycles. The third-order valence-electron chi connectivity index (χ3n) is 3.42. The van der Waals surface area contributed by atoms with Gasteiger partial charge in [-0.25, -0.2) is 4.98 Å². The molecule has 19 heavy (non-hydrogen) atoms. The molecular weight excluding hydrogens is 234 g/mol. The molecular formula is C16H21N3. The van der Waals surface area contributed by atoms with Gasteiger partial charge in [-0.1, -0.05) is 32.1 Å². The van der Waals surface area contributed by atoms with Crippen molar-refractivity contribution in [3.63, 3.8) is 0 Å². The largest absolute Gasteiger partial charge is 0.381 e. The van der Waals surface area contributed by atoms with E-state index in [9.17, 15) is 0 Å². The van der Waals surface area contributed by atoms with Gasteiger partial charge in [0.05, 0.1) is 5.69 Å². The van der Waals surface area contributed by atoms with E-state index in [1.807, 2.05) is 19.1 Å². The Morgan fingerprint density at radius 2 is 2.16 bits per heavy atom. The van der Waals surface area contributed by atoms with Gasteiger partial charge in [0, 0.05) is 18.7 Å². The van der Waals surface area contributed by atoms with Crippen molar-refractivity contribution in [1.82, 2.24) is 4.98 Å². The van der Waals surface area contributed by atoms with Gasteiger partial charge >= 0.3 is 0 Å². The molecule has 1 aromatic rings. The standard InChI is InChI=1S/C16H21N3/c1-2-3-7-14-10-11-15(16(12-17)19-14)18-13-8-5-4-6-9-13/h10-13,17-18H,2,4-6,8-9H2,1H3. The number of nitrogens with zero attached hydrogens (tertiary/aromatic N) is 1. The maximum Gasteiger partial charge on any atom is 0.114 e. The van der Waals surface area contributed by atoms with E-state index in [1.165, 1.54) is 38.3 Å². The van der Waals surface area contributed by atoms with Crippen molar-refractivity contribution in [2.75, 3.05) is 5.32 Å². The van der Waals surface area contributed by atoms with Crippen LogP contribution in [0.3, 0.4) is 0 Å². The Balaban J connectivity index is 2.13. The topological polar surface area (TPSA) is 48.8 Å². The van der Waals surface area contributed by atoms with E-state index in [0.29, 0.717) is 11.7 Å². The summed E-state index contributed by atoms with van der Waals surface area (Å²) in [6.07, 6.45) is 8.51. The fourth-order valence-electron chi connectivity index (χ4n) is 2.42. The minimum atomic E-state index is 0.529. The molecule has 0 amide bonds. The maximum absolute atomic E-state index is 7.50. The number of hydrogen-bond acceptors (Lipinski definition) is 3. The zero-order valence-electron chi connectivity index (χ0n) is 11.5. The summed E-state index contributed by atoms with van der Waals surface area (Å²) in [4.78, 5) is 4.42. The lowest BCUT2D eigenvalue weighted by Gasteiger charge is -2.24. The molecule has 2 rings (SSSR count). The molecule has 1 aliphatic rings. The van der Waals surface area contributed by atoms with Gasteiger partial charge in [-0.2, -0.15) is 0 Å². The lowest BCUT2D eigenvalue weighted by atomic mass is 9.95. The monoisotopic (exact) mass is 255 g/mol. The van der Waals surface area contributed by atoms with Crippen LogP contribution in [-0.2, 0) is 0 Å². The molecule has 0 unspecified atom stereocenters. The first kappa shape index (κ1) is 13.6. The highest BCUT2D eigenvalue weighted by Gasteiger charge is 2.14. The third-order valence-corrected chi connectivity index (χ3v) is 3.42. The summed E-state index contributed by atoms with van der Waals surface area (Å²) in [6, 6.07) is 4.46. The second kappa shape index (κ2) is 6.94. The van der Waals surface area contributed by atoms with E-state index in [4.69, 9.17) is 5.41 Å². The van der Waals surface area contributed by atoms with Crippen molar-refractivity contribution < 1.29 is 0 Å². The molecule has 1 heterocycles. The first-order valence-electron chi connectivity index (χ1n) is 7.10. The fourth-order valence-corrected chi connectivity index (χ4v) is 2.42. The van der Waals surface area contributed by atoms with Gasteiger partial charge in [0.1, 0.15) is 11.4 Å². The van der Waals surface area contributed by atoms with Crippen molar-refractivity contribution in [3.05, 3.63) is 23.5 Å². The molecule has 100 valence electrons. The van der Waals surface area contributed by atoms with Crippen LogP contribution in [0.4, 0.5) is 5.69 Å². The molecule has 0 bridgehead atoms. The van der Waals surface area contributed by atoms with Gasteiger partial charge in [0.15, 0.2) is 0 Å². The predicted molar refractivity (Wildman–Crippen MR) is 79.8 cm³/mol. The second-order valence-corrected chi connectivity index (χ2v) is 4.91. The molecule has 1 saturated carbocycles. The Kier molecular flexibility index (Phi) is 4.97. The van der Waals surface area contributed by atoms with E-state index in [1.54, 1.807) is 0 Å². The lowest BCUT2D eigenvalue weighted by Crippen LogP contribution is -2.23. The number of pyridine rings is 1. The van der Waals surface area contributed by atoms with Crippen LogP contribution >= 0.6 is 0 Å². The van der Waals surface area contributed by atoms with Crippen molar-refractivity contribution in [2.45, 2.75) is 51.5 Å². The highest BCUT2D eigenvalue weighted by atomic mass is 14.9. The summed E-state index contributed by atoms with van der Waals surface area (Å²) in [5.41, 5.74) is 2.40. The first-order chi connectivity index (χ1) is 9.33. The fraction of sp³-hybridized carbons (Fsp3) is 0.500. The number of hydrogen-bond donors (Lipinski definition) is 2. The predicted octanol–water partition coefficient (Wildman–Crippen LogP) is 3.59. The molecule has 0 aromatic carbocycles. The van der Waals surface area contributed by atoms with Gasteiger partial charge in [0.2, 0.25) is 0 Å². The summed E-state index contributed by atoms with van der Waals surface area (Å²) in [5, 5.41) is 11.0. The Morgan fingerprint density at radius 3 is 2.84 bits per heavy atom. The van der Waals surface area contributed by atoms with Gasteiger partial charge in [-0.15, -0.1) is 0 Å². The average Bonchev–Trinajstić information content (AvgIpc) is 2.47. The summed E-state index contributed by atoms with van der Waals surface area (Å²) >= 11 is 0. The van der Waals surface area contributed by atoms with Crippen LogP contribution in [0.1, 0.15) is 56.8 Å². The van der Waals surface area contributed by atoms with Crippen molar-refractivity contribution >= 4 is 11.9 Å². The Hall–Kier alpha value is -1.82. The minimum absolute atomic E-state index is 0.529. The van der Waals surface area contributed by atoms with Gasteiger partial charge in [-0.05, 0) is 30.9 Å². The Labute approximate surface area is 115 Å². The van der Waals surface area contributed by atoms with Crippen LogP contribution in [0.2, 0.25) is 0 Å². The average molecular weight is 255 g/mol. The minimum Gasteiger partial charge on any atom is -0.381 e. The summed E-state index contributed by atoms with van der Waals surface area (Å²) < 4.78 is 0. The van der Waals surface area contributed by atoms with Crippen molar-refractivity contribution in [1.29, 1.82) is 5.41 Å². The molecule has 0 atom stereocenters. The third kappa shape index (κ3) is 3.82. The lowest BCUT2D eigenvalue weighted by molar-refractivity contribution is 0.462. The number of aromatic nitrogens is 1. The Morgan fingerprint density at radius 1 is 1.37 bits per heavy atom. The molecule has 0 aliphatic heterocycles. The molecule has 3 nitrogen and oxygen atoms in total.